The average Bonchev–Trinajstić information content (AvgIpc) is 3.02. The van der Waals surface area contributed by atoms with Gasteiger partial charge in [-0.15, -0.1) is 0 Å². The lowest BCUT2D eigenvalue weighted by Gasteiger charge is -2.14. The van der Waals surface area contributed by atoms with Crippen LogP contribution in [0.4, 0.5) is 0 Å². The summed E-state index contributed by atoms with van der Waals surface area (Å²) in [5.41, 5.74) is 2.64. The predicted molar refractivity (Wildman–Crippen MR) is 56.5 cm³/mol. The summed E-state index contributed by atoms with van der Waals surface area (Å²) in [7, 11) is 0. The molecule has 1 aromatic carbocycles. The fraction of sp³-hybridized carbons (Fsp3) is 0.462. The van der Waals surface area contributed by atoms with E-state index in [1.165, 1.54) is 24.0 Å². The molecule has 1 aliphatic carbocycles. The van der Waals surface area contributed by atoms with Crippen molar-refractivity contribution in [2.24, 2.45) is 0 Å². The van der Waals surface area contributed by atoms with E-state index < -0.39 is 0 Å². The Kier molecular flexibility index (Phi) is 2.01. The lowest BCUT2D eigenvalue weighted by Crippen LogP contribution is -2.01. The molecule has 0 amide bonds. The van der Waals surface area contributed by atoms with Gasteiger partial charge < -0.3 is 4.74 Å². The highest BCUT2D eigenvalue weighted by Gasteiger charge is 2.31. The number of hydrogen-bond acceptors (Lipinski definition) is 2. The van der Waals surface area contributed by atoms with Crippen LogP contribution in [0.3, 0.4) is 0 Å². The largest absolute Gasteiger partial charge is 0.457 e. The fourth-order valence-electron chi connectivity index (χ4n) is 2.31. The van der Waals surface area contributed by atoms with Gasteiger partial charge in [0.25, 0.3) is 0 Å². The number of ether oxygens (including phenoxy) is 1. The summed E-state index contributed by atoms with van der Waals surface area (Å²) in [6.07, 6.45) is 4.02. The summed E-state index contributed by atoms with van der Waals surface area (Å²) in [6, 6.07) is 8.40. The molecule has 0 spiro atoms. The van der Waals surface area contributed by atoms with Crippen LogP contribution in [-0.2, 0) is 9.53 Å². The van der Waals surface area contributed by atoms with Gasteiger partial charge in [0.05, 0.1) is 0 Å². The Hall–Kier alpha value is -1.31. The van der Waals surface area contributed by atoms with Gasteiger partial charge >= 0.3 is 5.97 Å². The third kappa shape index (κ3) is 1.65. The molecule has 2 aliphatic rings. The van der Waals surface area contributed by atoms with Crippen molar-refractivity contribution in [3.8, 4) is 0 Å². The minimum atomic E-state index is -0.0504. The maximum atomic E-state index is 11.1. The van der Waals surface area contributed by atoms with E-state index in [2.05, 4.69) is 18.2 Å². The van der Waals surface area contributed by atoms with E-state index in [0.29, 0.717) is 6.42 Å². The van der Waals surface area contributed by atoms with Crippen molar-refractivity contribution in [3.05, 3.63) is 35.4 Å². The highest BCUT2D eigenvalue weighted by atomic mass is 16.5. The van der Waals surface area contributed by atoms with Gasteiger partial charge in [0.15, 0.2) is 0 Å². The highest BCUT2D eigenvalue weighted by Crippen LogP contribution is 2.44. The molecule has 1 saturated carbocycles. The van der Waals surface area contributed by atoms with Crippen molar-refractivity contribution in [1.82, 2.24) is 0 Å². The number of cyclic esters (lactones) is 1. The number of carbonyl (C=O) groups is 1. The van der Waals surface area contributed by atoms with Crippen LogP contribution >= 0.6 is 0 Å². The summed E-state index contributed by atoms with van der Waals surface area (Å²) < 4.78 is 5.33. The van der Waals surface area contributed by atoms with Gasteiger partial charge in [-0.25, -0.2) is 0 Å². The fourth-order valence-corrected chi connectivity index (χ4v) is 2.31. The van der Waals surface area contributed by atoms with Gasteiger partial charge in [0.2, 0.25) is 0 Å². The van der Waals surface area contributed by atoms with Gasteiger partial charge in [-0.1, -0.05) is 24.3 Å². The van der Waals surface area contributed by atoms with Crippen molar-refractivity contribution in [2.75, 3.05) is 0 Å². The average molecular weight is 202 g/mol. The Morgan fingerprint density at radius 3 is 2.40 bits per heavy atom. The summed E-state index contributed by atoms with van der Waals surface area (Å²) in [5.74, 6) is 0.672. The third-order valence-electron chi connectivity index (χ3n) is 3.24. The Labute approximate surface area is 89.2 Å². The van der Waals surface area contributed by atoms with Crippen LogP contribution in [0.25, 0.3) is 0 Å². The summed E-state index contributed by atoms with van der Waals surface area (Å²) in [5, 5.41) is 0. The zero-order valence-corrected chi connectivity index (χ0v) is 8.61. The lowest BCUT2D eigenvalue weighted by molar-refractivity contribution is -0.141. The second kappa shape index (κ2) is 3.37. The van der Waals surface area contributed by atoms with Crippen LogP contribution in [0, 0.1) is 0 Å². The quantitative estimate of drug-likeness (QED) is 0.689. The second-order valence-corrected chi connectivity index (χ2v) is 4.42. The van der Waals surface area contributed by atoms with Crippen LogP contribution in [0.1, 0.15) is 48.8 Å². The first-order chi connectivity index (χ1) is 7.34. The summed E-state index contributed by atoms with van der Waals surface area (Å²) in [4.78, 5) is 11.1. The second-order valence-electron chi connectivity index (χ2n) is 4.42. The Balaban J connectivity index is 1.92. The standard InChI is InChI=1S/C13H14O2/c14-13-8-7-12(15-13)11-4-2-1-3-10(11)9-5-6-9/h1-4,9,12H,5-8H2. The monoisotopic (exact) mass is 202 g/mol. The molecule has 78 valence electrons. The SMILES string of the molecule is O=C1CCC(c2ccccc2C2CC2)O1. The molecule has 0 bridgehead atoms. The number of esters is 1. The molecule has 1 heterocycles. The molecule has 0 aromatic heterocycles. The van der Waals surface area contributed by atoms with Gasteiger partial charge in [-0.3, -0.25) is 4.79 Å². The molecule has 0 radical (unpaired) electrons. The highest BCUT2D eigenvalue weighted by molar-refractivity contribution is 5.71. The van der Waals surface area contributed by atoms with Crippen molar-refractivity contribution in [1.29, 1.82) is 0 Å². The Morgan fingerprint density at radius 1 is 1.07 bits per heavy atom. The molecule has 15 heavy (non-hydrogen) atoms. The van der Waals surface area contributed by atoms with Crippen LogP contribution < -0.4 is 0 Å². The molecule has 3 rings (SSSR count). The molecular formula is C13H14O2. The van der Waals surface area contributed by atoms with Gasteiger partial charge in [0, 0.05) is 6.42 Å². The number of hydrogen-bond donors (Lipinski definition) is 0. The van der Waals surface area contributed by atoms with E-state index in [1.807, 2.05) is 6.07 Å². The number of benzene rings is 1. The molecule has 0 N–H and O–H groups in total. The molecule has 1 aromatic rings. The van der Waals surface area contributed by atoms with Gasteiger partial charge in [-0.05, 0) is 36.3 Å². The van der Waals surface area contributed by atoms with E-state index in [1.54, 1.807) is 0 Å². The van der Waals surface area contributed by atoms with E-state index in [4.69, 9.17) is 4.74 Å². The van der Waals surface area contributed by atoms with Gasteiger partial charge in [-0.2, -0.15) is 0 Å². The van der Waals surface area contributed by atoms with Crippen LogP contribution in [0.15, 0.2) is 24.3 Å². The van der Waals surface area contributed by atoms with E-state index in [9.17, 15) is 4.79 Å². The molecule has 1 unspecified atom stereocenters. The van der Waals surface area contributed by atoms with Gasteiger partial charge in [0.1, 0.15) is 6.10 Å². The van der Waals surface area contributed by atoms with Crippen molar-refractivity contribution in [3.63, 3.8) is 0 Å². The van der Waals surface area contributed by atoms with Crippen LogP contribution in [-0.4, -0.2) is 5.97 Å². The first-order valence-corrected chi connectivity index (χ1v) is 5.63. The molecule has 2 nitrogen and oxygen atoms in total. The Bertz CT molecular complexity index is 393. The summed E-state index contributed by atoms with van der Waals surface area (Å²) in [6.45, 7) is 0. The van der Waals surface area contributed by atoms with Crippen LogP contribution in [0.2, 0.25) is 0 Å². The molecule has 2 heteroatoms. The smallest absolute Gasteiger partial charge is 0.306 e. The molecule has 1 saturated heterocycles. The van der Waals surface area contributed by atoms with E-state index in [0.717, 1.165) is 12.3 Å². The van der Waals surface area contributed by atoms with Crippen molar-refractivity contribution in [2.45, 2.75) is 37.7 Å². The number of rotatable bonds is 2. The first kappa shape index (κ1) is 8.96. The zero-order valence-electron chi connectivity index (χ0n) is 8.61. The normalized spacial score (nSPS) is 25.3. The molecular weight excluding hydrogens is 188 g/mol. The van der Waals surface area contributed by atoms with E-state index in [-0.39, 0.29) is 12.1 Å². The maximum Gasteiger partial charge on any atom is 0.306 e. The first-order valence-electron chi connectivity index (χ1n) is 5.63. The molecule has 2 fully saturated rings. The summed E-state index contributed by atoms with van der Waals surface area (Å²) >= 11 is 0. The third-order valence-corrected chi connectivity index (χ3v) is 3.24. The maximum absolute atomic E-state index is 11.1. The predicted octanol–water partition coefficient (Wildman–Crippen LogP) is 2.94. The number of carbonyl (C=O) groups excluding carboxylic acids is 1. The molecule has 1 aliphatic heterocycles. The minimum absolute atomic E-state index is 0.0225. The zero-order chi connectivity index (χ0) is 10.3. The Morgan fingerprint density at radius 2 is 1.80 bits per heavy atom. The van der Waals surface area contributed by atoms with Crippen molar-refractivity contribution < 1.29 is 9.53 Å². The van der Waals surface area contributed by atoms with Crippen LogP contribution in [0.5, 0.6) is 0 Å². The van der Waals surface area contributed by atoms with E-state index >= 15 is 0 Å². The van der Waals surface area contributed by atoms with Crippen molar-refractivity contribution >= 4 is 5.97 Å². The molecule has 1 atom stereocenters. The minimum Gasteiger partial charge on any atom is -0.457 e. The topological polar surface area (TPSA) is 26.3 Å². The lowest BCUT2D eigenvalue weighted by atomic mass is 9.97.